The maximum absolute atomic E-state index is 10.4. The van der Waals surface area contributed by atoms with Crippen LogP contribution in [0, 0.1) is 5.92 Å². The van der Waals surface area contributed by atoms with E-state index < -0.39 is 37.1 Å². The largest absolute Gasteiger partial charge is 0.493 e. The van der Waals surface area contributed by atoms with Crippen molar-refractivity contribution in [1.82, 2.24) is 4.90 Å². The third-order valence-electron chi connectivity index (χ3n) is 6.23. The van der Waals surface area contributed by atoms with Gasteiger partial charge in [-0.05, 0) is 48.4 Å². The first kappa shape index (κ1) is 23.4. The van der Waals surface area contributed by atoms with Gasteiger partial charge in [-0.2, -0.15) is 0 Å². The normalized spacial score (nSPS) is 29.0. The zero-order chi connectivity index (χ0) is 22.8. The lowest BCUT2D eigenvalue weighted by Gasteiger charge is -2.40. The molecule has 0 saturated carbocycles. The number of nitrogens with zero attached hydrogens (tertiary/aromatic N) is 1. The molecule has 0 bridgehead atoms. The van der Waals surface area contributed by atoms with Gasteiger partial charge in [0.25, 0.3) is 0 Å². The fraction of sp³-hybridized carbons (Fsp3) is 0.500. The van der Waals surface area contributed by atoms with Gasteiger partial charge in [-0.1, -0.05) is 35.9 Å². The molecule has 8 heteroatoms. The van der Waals surface area contributed by atoms with Gasteiger partial charge < -0.3 is 34.8 Å². The van der Waals surface area contributed by atoms with Crippen molar-refractivity contribution in [2.75, 3.05) is 33.4 Å². The van der Waals surface area contributed by atoms with Crippen LogP contribution >= 0.6 is 11.6 Å². The second kappa shape index (κ2) is 10.1. The lowest BCUT2D eigenvalue weighted by molar-refractivity contribution is -0.231. The number of hydrogen-bond donors (Lipinski definition) is 4. The van der Waals surface area contributed by atoms with Crippen LogP contribution in [0.25, 0.3) is 0 Å². The van der Waals surface area contributed by atoms with E-state index in [0.717, 1.165) is 36.6 Å². The van der Waals surface area contributed by atoms with Crippen LogP contribution in [0.3, 0.4) is 0 Å². The van der Waals surface area contributed by atoms with Gasteiger partial charge in [0.05, 0.1) is 13.2 Å². The molecule has 2 aliphatic rings. The second-order valence-corrected chi connectivity index (χ2v) is 9.23. The molecule has 0 radical (unpaired) electrons. The first-order valence-electron chi connectivity index (χ1n) is 10.8. The monoisotopic (exact) mass is 463 g/mol. The van der Waals surface area contributed by atoms with E-state index in [2.05, 4.69) is 11.9 Å². The quantitative estimate of drug-likeness (QED) is 0.492. The SMILES string of the molecule is CN1CC(COc2ccc(Cc3cc([C@@H]4O[C@H](CO)[C@@H](O)[C@H](O)[C@H]4O)ccc3Cl)cc2)C1. The minimum Gasteiger partial charge on any atom is -0.493 e. The lowest BCUT2D eigenvalue weighted by atomic mass is 9.90. The summed E-state index contributed by atoms with van der Waals surface area (Å²) in [6.07, 6.45) is -5.40. The molecule has 32 heavy (non-hydrogen) atoms. The van der Waals surface area contributed by atoms with Crippen molar-refractivity contribution in [2.24, 2.45) is 5.92 Å². The van der Waals surface area contributed by atoms with E-state index >= 15 is 0 Å². The summed E-state index contributed by atoms with van der Waals surface area (Å²) < 4.78 is 11.5. The summed E-state index contributed by atoms with van der Waals surface area (Å²) >= 11 is 6.42. The predicted octanol–water partition coefficient (Wildman–Crippen LogP) is 1.39. The highest BCUT2D eigenvalue weighted by Gasteiger charge is 2.44. The Labute approximate surface area is 192 Å². The zero-order valence-electron chi connectivity index (χ0n) is 18.0. The van der Waals surface area contributed by atoms with E-state index in [0.29, 0.717) is 22.9 Å². The zero-order valence-corrected chi connectivity index (χ0v) is 18.7. The summed E-state index contributed by atoms with van der Waals surface area (Å²) in [4.78, 5) is 2.26. The number of aliphatic hydroxyl groups excluding tert-OH is 4. The van der Waals surface area contributed by atoms with Gasteiger partial charge >= 0.3 is 0 Å². The molecular formula is C24H30ClNO6. The van der Waals surface area contributed by atoms with E-state index in [9.17, 15) is 20.4 Å². The highest BCUT2D eigenvalue weighted by molar-refractivity contribution is 6.31. The fourth-order valence-corrected chi connectivity index (χ4v) is 4.54. The molecular weight excluding hydrogens is 434 g/mol. The van der Waals surface area contributed by atoms with E-state index in [4.69, 9.17) is 21.1 Å². The van der Waals surface area contributed by atoms with Gasteiger partial charge in [0.1, 0.15) is 36.3 Å². The molecule has 2 saturated heterocycles. The minimum atomic E-state index is -1.42. The Bertz CT molecular complexity index is 902. The molecule has 2 heterocycles. The third kappa shape index (κ3) is 5.10. The molecule has 2 aliphatic heterocycles. The summed E-state index contributed by atoms with van der Waals surface area (Å²) in [7, 11) is 2.10. The standard InChI is InChI=1S/C24H30ClNO6/c1-26-10-15(11-26)13-31-18-5-2-14(3-6-18)8-17-9-16(4-7-19(17)25)24-23(30)22(29)21(28)20(12-27)32-24/h2-7,9,15,20-24,27-30H,8,10-13H2,1H3/t20-,21-,22+,23-,24+/m1/s1. The van der Waals surface area contributed by atoms with E-state index in [1.54, 1.807) is 12.1 Å². The third-order valence-corrected chi connectivity index (χ3v) is 6.60. The summed E-state index contributed by atoms with van der Waals surface area (Å²) in [6, 6.07) is 13.2. The van der Waals surface area contributed by atoms with Gasteiger partial charge in [-0.25, -0.2) is 0 Å². The van der Waals surface area contributed by atoms with Gasteiger partial charge in [-0.3, -0.25) is 0 Å². The first-order chi connectivity index (χ1) is 15.4. The maximum atomic E-state index is 10.4. The molecule has 2 aromatic rings. The molecule has 4 rings (SSSR count). The van der Waals surface area contributed by atoms with Crippen LogP contribution in [0.2, 0.25) is 5.02 Å². The summed E-state index contributed by atoms with van der Waals surface area (Å²) in [6.45, 7) is 2.40. The number of hydrogen-bond acceptors (Lipinski definition) is 7. The molecule has 0 unspecified atom stereocenters. The lowest BCUT2D eigenvalue weighted by Crippen LogP contribution is -2.55. The van der Waals surface area contributed by atoms with Crippen LogP contribution < -0.4 is 4.74 Å². The van der Waals surface area contributed by atoms with Crippen molar-refractivity contribution >= 4 is 11.6 Å². The summed E-state index contributed by atoms with van der Waals surface area (Å²) in [5.41, 5.74) is 2.51. The molecule has 174 valence electrons. The van der Waals surface area contributed by atoms with E-state index in [-0.39, 0.29) is 0 Å². The molecule has 2 fully saturated rings. The van der Waals surface area contributed by atoms with Crippen molar-refractivity contribution in [3.8, 4) is 5.75 Å². The molecule has 0 aliphatic carbocycles. The molecule has 5 atom stereocenters. The average molecular weight is 464 g/mol. The number of aliphatic hydroxyl groups is 4. The molecule has 7 nitrogen and oxygen atoms in total. The van der Waals surface area contributed by atoms with Crippen LogP contribution in [0.15, 0.2) is 42.5 Å². The minimum absolute atomic E-state index is 0.465. The number of likely N-dealkylation sites (tertiary alicyclic amines) is 1. The molecule has 4 N–H and O–H groups in total. The Morgan fingerprint density at radius 2 is 1.75 bits per heavy atom. The van der Waals surface area contributed by atoms with Crippen LogP contribution in [-0.2, 0) is 11.2 Å². The number of ether oxygens (including phenoxy) is 2. The Kier molecular flexibility index (Phi) is 7.37. The van der Waals surface area contributed by atoms with Gasteiger partial charge in [-0.15, -0.1) is 0 Å². The number of halogens is 1. The van der Waals surface area contributed by atoms with E-state index in [1.165, 1.54) is 0 Å². The molecule has 2 aromatic carbocycles. The fourth-order valence-electron chi connectivity index (χ4n) is 4.36. The number of benzene rings is 2. The van der Waals surface area contributed by atoms with Gasteiger partial charge in [0.15, 0.2) is 0 Å². The van der Waals surface area contributed by atoms with Crippen LogP contribution in [0.4, 0.5) is 0 Å². The highest BCUT2D eigenvalue weighted by Crippen LogP contribution is 2.34. The smallest absolute Gasteiger partial charge is 0.119 e. The summed E-state index contributed by atoms with van der Waals surface area (Å²) in [5.74, 6) is 1.42. The average Bonchev–Trinajstić information content (AvgIpc) is 2.77. The van der Waals surface area contributed by atoms with Gasteiger partial charge in [0, 0.05) is 24.0 Å². The Morgan fingerprint density at radius 3 is 2.41 bits per heavy atom. The van der Waals surface area contributed by atoms with Crippen LogP contribution in [-0.4, -0.2) is 83.1 Å². The second-order valence-electron chi connectivity index (χ2n) is 8.82. The molecule has 0 spiro atoms. The van der Waals surface area contributed by atoms with Gasteiger partial charge in [0.2, 0.25) is 0 Å². The van der Waals surface area contributed by atoms with E-state index in [1.807, 2.05) is 30.3 Å². The summed E-state index contributed by atoms with van der Waals surface area (Å²) in [5, 5.41) is 40.5. The molecule has 0 amide bonds. The highest BCUT2D eigenvalue weighted by atomic mass is 35.5. The Morgan fingerprint density at radius 1 is 1.03 bits per heavy atom. The maximum Gasteiger partial charge on any atom is 0.119 e. The van der Waals surface area contributed by atoms with Crippen molar-refractivity contribution < 1.29 is 29.9 Å². The number of rotatable bonds is 7. The van der Waals surface area contributed by atoms with Crippen molar-refractivity contribution in [1.29, 1.82) is 0 Å². The van der Waals surface area contributed by atoms with Crippen molar-refractivity contribution in [3.63, 3.8) is 0 Å². The predicted molar refractivity (Wildman–Crippen MR) is 120 cm³/mol. The van der Waals surface area contributed by atoms with Crippen LogP contribution in [0.1, 0.15) is 22.8 Å². The Balaban J connectivity index is 1.43. The van der Waals surface area contributed by atoms with Crippen molar-refractivity contribution in [2.45, 2.75) is 36.9 Å². The molecule has 0 aromatic heterocycles. The van der Waals surface area contributed by atoms with Crippen molar-refractivity contribution in [3.05, 3.63) is 64.2 Å². The van der Waals surface area contributed by atoms with Crippen LogP contribution in [0.5, 0.6) is 5.75 Å². The Hall–Kier alpha value is -1.71. The first-order valence-corrected chi connectivity index (χ1v) is 11.2. The topological polar surface area (TPSA) is 103 Å².